The zero-order chi connectivity index (χ0) is 22.8. The molecule has 7 nitrogen and oxygen atoms in total. The number of nitrogens with one attached hydrogen (secondary N) is 1. The van der Waals surface area contributed by atoms with Gasteiger partial charge in [0.2, 0.25) is 5.95 Å². The second-order valence-corrected chi connectivity index (χ2v) is 9.63. The molecule has 2 atom stereocenters. The Hall–Kier alpha value is -3.52. The Balaban J connectivity index is 1.44. The molecule has 8 heteroatoms. The quantitative estimate of drug-likeness (QED) is 0.485. The molecule has 2 aromatic carbocycles. The fourth-order valence-corrected chi connectivity index (χ4v) is 5.58. The van der Waals surface area contributed by atoms with Crippen LogP contribution in [0.1, 0.15) is 19.3 Å². The van der Waals surface area contributed by atoms with Gasteiger partial charge in [0.25, 0.3) is 0 Å². The largest absolute Gasteiger partial charge is 0.508 e. The van der Waals surface area contributed by atoms with Crippen molar-refractivity contribution < 1.29 is 9.50 Å². The maximum atomic E-state index is 16.2. The number of rotatable bonds is 3. The number of anilines is 2. The molecule has 2 aromatic heterocycles. The van der Waals surface area contributed by atoms with E-state index >= 15 is 4.39 Å². The van der Waals surface area contributed by atoms with E-state index in [0.29, 0.717) is 29.0 Å². The molecule has 4 aromatic rings. The fraction of sp³-hybridized carbons (Fsp3) is 0.346. The highest BCUT2D eigenvalue weighted by atomic mass is 19.1. The van der Waals surface area contributed by atoms with Gasteiger partial charge in [-0.2, -0.15) is 4.98 Å². The SMILES string of the molecule is Oc1cc(-c2ncc3c(N4CC5CCC(C4)N5)nc(N4CCC4)nc3c2F)c2ccccc2c1. The third kappa shape index (κ3) is 3.09. The van der Waals surface area contributed by atoms with Gasteiger partial charge in [0.1, 0.15) is 22.8 Å². The van der Waals surface area contributed by atoms with E-state index in [0.717, 1.165) is 62.0 Å². The summed E-state index contributed by atoms with van der Waals surface area (Å²) in [6.45, 7) is 3.47. The van der Waals surface area contributed by atoms with Crippen molar-refractivity contribution in [2.45, 2.75) is 31.3 Å². The number of nitrogens with zero attached hydrogens (tertiary/aromatic N) is 5. The molecular weight excluding hydrogens is 431 g/mol. The van der Waals surface area contributed by atoms with Crippen molar-refractivity contribution in [3.8, 4) is 17.0 Å². The van der Waals surface area contributed by atoms with Crippen LogP contribution >= 0.6 is 0 Å². The van der Waals surface area contributed by atoms with Gasteiger partial charge in [-0.3, -0.25) is 4.98 Å². The van der Waals surface area contributed by atoms with Gasteiger partial charge in [-0.05, 0) is 42.2 Å². The second-order valence-electron chi connectivity index (χ2n) is 9.63. The van der Waals surface area contributed by atoms with E-state index in [1.807, 2.05) is 24.3 Å². The summed E-state index contributed by atoms with van der Waals surface area (Å²) in [5, 5.41) is 16.3. The van der Waals surface area contributed by atoms with Crippen molar-refractivity contribution in [3.63, 3.8) is 0 Å². The normalized spacial score (nSPS) is 21.9. The number of phenols is 1. The first-order chi connectivity index (χ1) is 16.6. The van der Waals surface area contributed by atoms with Crippen molar-refractivity contribution in [3.05, 3.63) is 48.4 Å². The van der Waals surface area contributed by atoms with Gasteiger partial charge in [0.05, 0.1) is 5.39 Å². The molecule has 2 bridgehead atoms. The first-order valence-electron chi connectivity index (χ1n) is 12.0. The molecule has 2 N–H and O–H groups in total. The van der Waals surface area contributed by atoms with Crippen LogP contribution in [0.3, 0.4) is 0 Å². The number of hydrogen-bond acceptors (Lipinski definition) is 7. The number of aromatic hydroxyl groups is 1. The fourth-order valence-electron chi connectivity index (χ4n) is 5.58. The number of piperazine rings is 1. The van der Waals surface area contributed by atoms with E-state index < -0.39 is 5.82 Å². The highest BCUT2D eigenvalue weighted by molar-refractivity contribution is 6.00. The van der Waals surface area contributed by atoms with Gasteiger partial charge >= 0.3 is 0 Å². The highest BCUT2D eigenvalue weighted by Gasteiger charge is 2.34. The molecule has 34 heavy (non-hydrogen) atoms. The first-order valence-corrected chi connectivity index (χ1v) is 12.0. The monoisotopic (exact) mass is 456 g/mol. The summed E-state index contributed by atoms with van der Waals surface area (Å²) in [5.41, 5.74) is 1.04. The Morgan fingerprint density at radius 1 is 0.971 bits per heavy atom. The molecular formula is C26H25FN6O. The van der Waals surface area contributed by atoms with E-state index in [2.05, 4.69) is 25.1 Å². The summed E-state index contributed by atoms with van der Waals surface area (Å²) < 4.78 is 16.2. The molecule has 0 aliphatic carbocycles. The highest BCUT2D eigenvalue weighted by Crippen LogP contribution is 2.38. The second kappa shape index (κ2) is 7.50. The predicted octanol–water partition coefficient (Wildman–Crippen LogP) is 3.84. The minimum atomic E-state index is -0.475. The van der Waals surface area contributed by atoms with E-state index in [-0.39, 0.29) is 17.0 Å². The van der Waals surface area contributed by atoms with Crippen LogP contribution < -0.4 is 15.1 Å². The molecule has 3 saturated heterocycles. The molecule has 3 aliphatic rings. The Bertz CT molecular complexity index is 1430. The maximum absolute atomic E-state index is 16.2. The number of phenolic OH excluding ortho intramolecular Hbond substituents is 1. The number of benzene rings is 2. The smallest absolute Gasteiger partial charge is 0.228 e. The first kappa shape index (κ1) is 19.9. The third-order valence-electron chi connectivity index (χ3n) is 7.41. The average Bonchev–Trinajstić information content (AvgIpc) is 3.15. The Morgan fingerprint density at radius 2 is 1.76 bits per heavy atom. The van der Waals surface area contributed by atoms with Crippen molar-refractivity contribution in [1.82, 2.24) is 20.3 Å². The number of hydrogen-bond donors (Lipinski definition) is 2. The molecule has 0 radical (unpaired) electrons. The predicted molar refractivity (Wildman–Crippen MR) is 131 cm³/mol. The van der Waals surface area contributed by atoms with Crippen LogP contribution in [0.15, 0.2) is 42.6 Å². The van der Waals surface area contributed by atoms with Crippen LogP contribution in [0.2, 0.25) is 0 Å². The van der Waals surface area contributed by atoms with Gasteiger partial charge in [-0.1, -0.05) is 24.3 Å². The summed E-state index contributed by atoms with van der Waals surface area (Å²) >= 11 is 0. The van der Waals surface area contributed by atoms with Crippen LogP contribution in [0.25, 0.3) is 32.9 Å². The number of fused-ring (bicyclic) bond motifs is 4. The molecule has 172 valence electrons. The molecule has 0 spiro atoms. The van der Waals surface area contributed by atoms with E-state index in [1.165, 1.54) is 0 Å². The van der Waals surface area contributed by atoms with Crippen LogP contribution in [-0.4, -0.2) is 58.3 Å². The molecule has 3 fully saturated rings. The Kier molecular flexibility index (Phi) is 4.39. The summed E-state index contributed by atoms with van der Waals surface area (Å²) in [5.74, 6) is 0.952. The molecule has 0 saturated carbocycles. The Morgan fingerprint density at radius 3 is 2.53 bits per heavy atom. The zero-order valence-electron chi connectivity index (χ0n) is 18.7. The van der Waals surface area contributed by atoms with Gasteiger partial charge in [-0.25, -0.2) is 9.37 Å². The standard InChI is InChI=1S/C26H25FN6O/c27-22-23(20-11-18(34)10-15-4-1-2-5-19(15)20)28-12-21-24(22)30-26(32-8-3-9-32)31-25(21)33-13-16-6-7-17(14-33)29-16/h1-2,4-5,10-12,16-17,29,34H,3,6-9,13-14H2. The Labute approximate surface area is 196 Å². The van der Waals surface area contributed by atoms with Crippen molar-refractivity contribution >= 4 is 33.4 Å². The lowest BCUT2D eigenvalue weighted by Crippen LogP contribution is -2.51. The zero-order valence-corrected chi connectivity index (χ0v) is 18.7. The summed E-state index contributed by atoms with van der Waals surface area (Å²) in [7, 11) is 0. The minimum Gasteiger partial charge on any atom is -0.508 e. The van der Waals surface area contributed by atoms with Gasteiger partial charge < -0.3 is 20.2 Å². The molecule has 2 unspecified atom stereocenters. The van der Waals surface area contributed by atoms with Crippen LogP contribution in [0.4, 0.5) is 16.2 Å². The van der Waals surface area contributed by atoms with E-state index in [9.17, 15) is 5.11 Å². The minimum absolute atomic E-state index is 0.0796. The lowest BCUT2D eigenvalue weighted by molar-refractivity contribution is 0.464. The topological polar surface area (TPSA) is 77.4 Å². The summed E-state index contributed by atoms with van der Waals surface area (Å²) in [4.78, 5) is 18.5. The van der Waals surface area contributed by atoms with Crippen LogP contribution in [0, 0.1) is 5.82 Å². The molecule has 7 rings (SSSR count). The van der Waals surface area contributed by atoms with Crippen molar-refractivity contribution in [2.24, 2.45) is 0 Å². The van der Waals surface area contributed by atoms with Crippen molar-refractivity contribution in [2.75, 3.05) is 36.0 Å². The molecule has 0 amide bonds. The van der Waals surface area contributed by atoms with Crippen molar-refractivity contribution in [1.29, 1.82) is 0 Å². The van der Waals surface area contributed by atoms with Gasteiger partial charge in [-0.15, -0.1) is 0 Å². The van der Waals surface area contributed by atoms with Gasteiger partial charge in [0.15, 0.2) is 5.82 Å². The number of aromatic nitrogens is 3. The lowest BCUT2D eigenvalue weighted by atomic mass is 10.00. The van der Waals surface area contributed by atoms with Gasteiger partial charge in [0, 0.05) is 50.0 Å². The van der Waals surface area contributed by atoms with Crippen LogP contribution in [0.5, 0.6) is 5.75 Å². The maximum Gasteiger partial charge on any atom is 0.228 e. The lowest BCUT2D eigenvalue weighted by Gasteiger charge is -2.36. The van der Waals surface area contributed by atoms with Crippen LogP contribution in [-0.2, 0) is 0 Å². The molecule has 5 heterocycles. The number of halogens is 1. The molecule has 3 aliphatic heterocycles. The average molecular weight is 457 g/mol. The number of pyridine rings is 1. The van der Waals surface area contributed by atoms with E-state index in [1.54, 1.807) is 18.3 Å². The third-order valence-corrected chi connectivity index (χ3v) is 7.41. The summed E-state index contributed by atoms with van der Waals surface area (Å²) in [6.07, 6.45) is 5.11. The van der Waals surface area contributed by atoms with E-state index in [4.69, 9.17) is 4.98 Å². The summed E-state index contributed by atoms with van der Waals surface area (Å²) in [6, 6.07) is 11.8.